The molecule has 138 valence electrons. The lowest BCUT2D eigenvalue weighted by Crippen LogP contribution is -2.50. The van der Waals surface area contributed by atoms with Crippen molar-refractivity contribution in [2.45, 2.75) is 26.7 Å². The minimum absolute atomic E-state index is 0.117. The molecule has 0 aliphatic carbocycles. The number of rotatable bonds is 7. The number of nitrogens with zero attached hydrogens (tertiary/aromatic N) is 2. The third-order valence-electron chi connectivity index (χ3n) is 3.98. The van der Waals surface area contributed by atoms with Crippen molar-refractivity contribution in [3.63, 3.8) is 0 Å². The number of carbonyl (C=O) groups is 2. The molecule has 0 radical (unpaired) electrons. The molecule has 6 heteroatoms. The van der Waals surface area contributed by atoms with Crippen LogP contribution in [0.2, 0.25) is 0 Å². The molecule has 0 aromatic heterocycles. The van der Waals surface area contributed by atoms with E-state index < -0.39 is 0 Å². The van der Waals surface area contributed by atoms with Crippen molar-refractivity contribution in [2.24, 2.45) is 5.92 Å². The average molecular weight is 348 g/mol. The fraction of sp³-hybridized carbons (Fsp3) is 0.579. The van der Waals surface area contributed by atoms with E-state index in [4.69, 9.17) is 9.47 Å². The lowest BCUT2D eigenvalue weighted by Gasteiger charge is -2.34. The monoisotopic (exact) mass is 348 g/mol. The summed E-state index contributed by atoms with van der Waals surface area (Å²) >= 11 is 0. The van der Waals surface area contributed by atoms with Crippen LogP contribution >= 0.6 is 0 Å². The average Bonchev–Trinajstić information content (AvgIpc) is 2.64. The predicted molar refractivity (Wildman–Crippen MR) is 95.5 cm³/mol. The number of para-hydroxylation sites is 1. The zero-order chi connectivity index (χ0) is 18.1. The van der Waals surface area contributed by atoms with Gasteiger partial charge in [0, 0.05) is 32.6 Å². The second kappa shape index (κ2) is 9.91. The standard InChI is InChI=1S/C19H28N2O4/c1-16(2)15-25-19(23)21-12-10-20(11-13-21)18(22)9-6-14-24-17-7-4-3-5-8-17/h3-5,7-8,16H,6,9-15H2,1-2H3. The lowest BCUT2D eigenvalue weighted by atomic mass is 10.2. The highest BCUT2D eigenvalue weighted by atomic mass is 16.6. The fourth-order valence-corrected chi connectivity index (χ4v) is 2.56. The number of benzene rings is 1. The Morgan fingerprint density at radius 3 is 2.32 bits per heavy atom. The third kappa shape index (κ3) is 6.64. The van der Waals surface area contributed by atoms with Crippen molar-refractivity contribution in [3.8, 4) is 5.75 Å². The summed E-state index contributed by atoms with van der Waals surface area (Å²) in [4.78, 5) is 27.6. The van der Waals surface area contributed by atoms with Gasteiger partial charge in [0.1, 0.15) is 5.75 Å². The number of carbonyl (C=O) groups excluding carboxylic acids is 2. The molecule has 0 bridgehead atoms. The van der Waals surface area contributed by atoms with Crippen molar-refractivity contribution in [1.29, 1.82) is 0 Å². The van der Waals surface area contributed by atoms with Crippen LogP contribution < -0.4 is 4.74 Å². The summed E-state index contributed by atoms with van der Waals surface area (Å²) in [5.41, 5.74) is 0. The molecule has 2 rings (SSSR count). The molecule has 2 amide bonds. The van der Waals surface area contributed by atoms with Crippen LogP contribution in [-0.2, 0) is 9.53 Å². The number of amides is 2. The Hall–Kier alpha value is -2.24. The molecule has 25 heavy (non-hydrogen) atoms. The summed E-state index contributed by atoms with van der Waals surface area (Å²) in [7, 11) is 0. The summed E-state index contributed by atoms with van der Waals surface area (Å²) < 4.78 is 10.8. The molecule has 0 saturated carbocycles. The maximum atomic E-state index is 12.2. The van der Waals surface area contributed by atoms with Crippen LogP contribution in [0.5, 0.6) is 5.75 Å². The van der Waals surface area contributed by atoms with Crippen molar-refractivity contribution in [1.82, 2.24) is 9.80 Å². The van der Waals surface area contributed by atoms with E-state index >= 15 is 0 Å². The van der Waals surface area contributed by atoms with Crippen LogP contribution in [0.1, 0.15) is 26.7 Å². The van der Waals surface area contributed by atoms with Gasteiger partial charge in [-0.3, -0.25) is 4.79 Å². The Labute approximate surface area is 149 Å². The molecule has 1 aromatic carbocycles. The molecule has 1 aromatic rings. The molecule has 6 nitrogen and oxygen atoms in total. The zero-order valence-corrected chi connectivity index (χ0v) is 15.1. The first kappa shape index (κ1) is 19.1. The number of hydrogen-bond donors (Lipinski definition) is 0. The van der Waals surface area contributed by atoms with Gasteiger partial charge in [0.05, 0.1) is 13.2 Å². The summed E-state index contributed by atoms with van der Waals surface area (Å²) in [5, 5.41) is 0. The third-order valence-corrected chi connectivity index (χ3v) is 3.98. The normalized spacial score (nSPS) is 14.5. The molecule has 1 aliphatic rings. The van der Waals surface area contributed by atoms with Crippen molar-refractivity contribution < 1.29 is 19.1 Å². The Morgan fingerprint density at radius 2 is 1.68 bits per heavy atom. The van der Waals surface area contributed by atoms with Crippen molar-refractivity contribution in [3.05, 3.63) is 30.3 Å². The molecule has 0 atom stereocenters. The van der Waals surface area contributed by atoms with Crippen LogP contribution in [0.25, 0.3) is 0 Å². The van der Waals surface area contributed by atoms with Crippen molar-refractivity contribution >= 4 is 12.0 Å². The van der Waals surface area contributed by atoms with Crippen LogP contribution in [0.15, 0.2) is 30.3 Å². The van der Waals surface area contributed by atoms with Gasteiger partial charge in [0.25, 0.3) is 0 Å². The van der Waals surface area contributed by atoms with Gasteiger partial charge in [-0.25, -0.2) is 4.79 Å². The van der Waals surface area contributed by atoms with Gasteiger partial charge in [-0.05, 0) is 24.5 Å². The zero-order valence-electron chi connectivity index (χ0n) is 15.1. The fourth-order valence-electron chi connectivity index (χ4n) is 2.56. The van der Waals surface area contributed by atoms with E-state index in [0.29, 0.717) is 58.2 Å². The maximum absolute atomic E-state index is 12.2. The molecule has 1 aliphatic heterocycles. The summed E-state index contributed by atoms with van der Waals surface area (Å²) in [6.07, 6.45) is 0.867. The Balaban J connectivity index is 1.61. The minimum Gasteiger partial charge on any atom is -0.494 e. The van der Waals surface area contributed by atoms with Gasteiger partial charge in [-0.15, -0.1) is 0 Å². The number of ether oxygens (including phenoxy) is 2. The van der Waals surface area contributed by atoms with Crippen LogP contribution in [-0.4, -0.2) is 61.2 Å². The smallest absolute Gasteiger partial charge is 0.409 e. The van der Waals surface area contributed by atoms with Gasteiger partial charge in [-0.1, -0.05) is 32.0 Å². The SMILES string of the molecule is CC(C)COC(=O)N1CCN(C(=O)CCCOc2ccccc2)CC1. The highest BCUT2D eigenvalue weighted by Crippen LogP contribution is 2.10. The summed E-state index contributed by atoms with van der Waals surface area (Å²) in [5.74, 6) is 1.26. The summed E-state index contributed by atoms with van der Waals surface area (Å²) in [6, 6.07) is 9.59. The molecule has 0 unspecified atom stereocenters. The minimum atomic E-state index is -0.280. The molecule has 1 fully saturated rings. The first-order chi connectivity index (χ1) is 12.1. The van der Waals surface area contributed by atoms with Gasteiger partial charge in [-0.2, -0.15) is 0 Å². The van der Waals surface area contributed by atoms with Crippen LogP contribution in [0.4, 0.5) is 4.79 Å². The lowest BCUT2D eigenvalue weighted by molar-refractivity contribution is -0.133. The van der Waals surface area contributed by atoms with E-state index in [-0.39, 0.29) is 12.0 Å². The predicted octanol–water partition coefficient (Wildman–Crippen LogP) is 2.78. The first-order valence-electron chi connectivity index (χ1n) is 8.93. The first-order valence-corrected chi connectivity index (χ1v) is 8.93. The van der Waals surface area contributed by atoms with E-state index in [0.717, 1.165) is 5.75 Å². The van der Waals surface area contributed by atoms with Crippen LogP contribution in [0.3, 0.4) is 0 Å². The van der Waals surface area contributed by atoms with Gasteiger partial charge < -0.3 is 19.3 Å². The second-order valence-electron chi connectivity index (χ2n) is 6.60. The van der Waals surface area contributed by atoms with E-state index in [2.05, 4.69) is 0 Å². The maximum Gasteiger partial charge on any atom is 0.409 e. The van der Waals surface area contributed by atoms with Gasteiger partial charge in [0.15, 0.2) is 0 Å². The van der Waals surface area contributed by atoms with Crippen LogP contribution in [0, 0.1) is 5.92 Å². The molecular formula is C19H28N2O4. The second-order valence-corrected chi connectivity index (χ2v) is 6.60. The Bertz CT molecular complexity index is 540. The van der Waals surface area contributed by atoms with E-state index in [1.54, 1.807) is 4.90 Å². The Morgan fingerprint density at radius 1 is 1.04 bits per heavy atom. The highest BCUT2D eigenvalue weighted by Gasteiger charge is 2.24. The largest absolute Gasteiger partial charge is 0.494 e. The molecule has 0 spiro atoms. The van der Waals surface area contributed by atoms with Gasteiger partial charge >= 0.3 is 6.09 Å². The topological polar surface area (TPSA) is 59.1 Å². The van der Waals surface area contributed by atoms with Crippen molar-refractivity contribution in [2.75, 3.05) is 39.4 Å². The molecular weight excluding hydrogens is 320 g/mol. The number of piperazine rings is 1. The number of hydrogen-bond acceptors (Lipinski definition) is 4. The highest BCUT2D eigenvalue weighted by molar-refractivity contribution is 5.76. The molecule has 1 heterocycles. The Kier molecular flexibility index (Phi) is 7.57. The van der Waals surface area contributed by atoms with Gasteiger partial charge in [0.2, 0.25) is 5.91 Å². The van der Waals surface area contributed by atoms with E-state index in [1.165, 1.54) is 0 Å². The molecule has 0 N–H and O–H groups in total. The summed E-state index contributed by atoms with van der Waals surface area (Å²) in [6.45, 7) is 7.16. The van der Waals surface area contributed by atoms with E-state index in [1.807, 2.05) is 49.1 Å². The quantitative estimate of drug-likeness (QED) is 0.711. The molecule has 1 saturated heterocycles. The van der Waals surface area contributed by atoms with E-state index in [9.17, 15) is 9.59 Å².